The molecule has 2 unspecified atom stereocenters. The lowest BCUT2D eigenvalue weighted by Crippen LogP contribution is -2.35. The first-order chi connectivity index (χ1) is 11.0. The summed E-state index contributed by atoms with van der Waals surface area (Å²) in [5.74, 6) is 2.72. The Morgan fingerprint density at radius 3 is 2.04 bits per heavy atom. The van der Waals surface area contributed by atoms with Gasteiger partial charge >= 0.3 is 0 Å². The van der Waals surface area contributed by atoms with E-state index in [4.69, 9.17) is 4.74 Å². The molecule has 2 aliphatic rings. The van der Waals surface area contributed by atoms with Gasteiger partial charge in [0.05, 0.1) is 0 Å². The van der Waals surface area contributed by atoms with Crippen molar-refractivity contribution in [2.75, 3.05) is 13.7 Å². The van der Waals surface area contributed by atoms with Crippen LogP contribution < -0.4 is 0 Å². The molecule has 1 aliphatic carbocycles. The van der Waals surface area contributed by atoms with E-state index in [2.05, 4.69) is 44.8 Å². The Kier molecular flexibility index (Phi) is 9.69. The highest BCUT2D eigenvalue weighted by Crippen LogP contribution is 2.34. The van der Waals surface area contributed by atoms with Gasteiger partial charge in [0.1, 0.15) is 0 Å². The molecular weight excluding hydrogens is 284 g/mol. The monoisotopic (exact) mass is 322 g/mol. The van der Waals surface area contributed by atoms with Crippen molar-refractivity contribution in [1.29, 1.82) is 0 Å². The summed E-state index contributed by atoms with van der Waals surface area (Å²) in [4.78, 5) is 0. The SMILES string of the molecule is CC1=NN=C(C(C)C)C2CCCCCCC12.COCCC(C)C. The molecule has 3 heteroatoms. The third-order valence-corrected chi connectivity index (χ3v) is 5.00. The van der Waals surface area contributed by atoms with Crippen LogP contribution in [0.4, 0.5) is 0 Å². The number of ether oxygens (including phenoxy) is 1. The van der Waals surface area contributed by atoms with Gasteiger partial charge in [-0.15, -0.1) is 0 Å². The van der Waals surface area contributed by atoms with E-state index in [-0.39, 0.29) is 0 Å². The molecule has 0 radical (unpaired) electrons. The number of hydrogen-bond acceptors (Lipinski definition) is 3. The van der Waals surface area contributed by atoms with Gasteiger partial charge in [-0.3, -0.25) is 0 Å². The number of nitrogens with zero attached hydrogens (tertiary/aromatic N) is 2. The van der Waals surface area contributed by atoms with Crippen LogP contribution in [0.2, 0.25) is 0 Å². The molecule has 0 amide bonds. The molecule has 1 saturated carbocycles. The van der Waals surface area contributed by atoms with Gasteiger partial charge in [-0.2, -0.15) is 10.2 Å². The Labute approximate surface area is 144 Å². The minimum absolute atomic E-state index is 0.559. The summed E-state index contributed by atoms with van der Waals surface area (Å²) in [5, 5.41) is 8.87. The third kappa shape index (κ3) is 7.15. The molecule has 0 aromatic carbocycles. The first-order valence-electron chi connectivity index (χ1n) is 9.58. The number of fused-ring (bicyclic) bond motifs is 1. The normalized spacial score (nSPS) is 24.9. The Morgan fingerprint density at radius 1 is 0.957 bits per heavy atom. The molecule has 1 heterocycles. The van der Waals surface area contributed by atoms with Gasteiger partial charge in [-0.25, -0.2) is 0 Å². The molecule has 1 fully saturated rings. The van der Waals surface area contributed by atoms with Gasteiger partial charge in [0.15, 0.2) is 0 Å². The summed E-state index contributed by atoms with van der Waals surface area (Å²) >= 11 is 0. The van der Waals surface area contributed by atoms with Gasteiger partial charge in [0, 0.05) is 37.0 Å². The molecule has 0 spiro atoms. The predicted molar refractivity (Wildman–Crippen MR) is 101 cm³/mol. The number of rotatable bonds is 4. The van der Waals surface area contributed by atoms with Gasteiger partial charge in [-0.1, -0.05) is 53.4 Å². The maximum Gasteiger partial charge on any atom is 0.0468 e. The lowest BCUT2D eigenvalue weighted by atomic mass is 9.74. The Balaban J connectivity index is 0.000000322. The van der Waals surface area contributed by atoms with E-state index in [0.29, 0.717) is 17.8 Å². The van der Waals surface area contributed by atoms with Gasteiger partial charge in [-0.05, 0) is 38.0 Å². The van der Waals surface area contributed by atoms with E-state index in [1.165, 1.54) is 56.4 Å². The van der Waals surface area contributed by atoms with Crippen molar-refractivity contribution in [3.05, 3.63) is 0 Å². The van der Waals surface area contributed by atoms with Crippen molar-refractivity contribution in [1.82, 2.24) is 0 Å². The summed E-state index contributed by atoms with van der Waals surface area (Å²) in [6.07, 6.45) is 9.39. The highest BCUT2D eigenvalue weighted by atomic mass is 16.5. The quantitative estimate of drug-likeness (QED) is 0.650. The summed E-state index contributed by atoms with van der Waals surface area (Å²) in [6.45, 7) is 12.0. The number of hydrogen-bond donors (Lipinski definition) is 0. The lowest BCUT2D eigenvalue weighted by molar-refractivity contribution is 0.183. The first kappa shape index (κ1) is 20.3. The molecule has 0 bridgehead atoms. The van der Waals surface area contributed by atoms with Crippen LogP contribution in [0.3, 0.4) is 0 Å². The van der Waals surface area contributed by atoms with E-state index in [1.54, 1.807) is 7.11 Å². The molecule has 0 N–H and O–H groups in total. The van der Waals surface area contributed by atoms with Crippen LogP contribution in [-0.4, -0.2) is 25.1 Å². The topological polar surface area (TPSA) is 34.0 Å². The fraction of sp³-hybridized carbons (Fsp3) is 0.900. The van der Waals surface area contributed by atoms with Crippen molar-refractivity contribution in [2.24, 2.45) is 33.9 Å². The van der Waals surface area contributed by atoms with Crippen molar-refractivity contribution >= 4 is 11.4 Å². The fourth-order valence-electron chi connectivity index (χ4n) is 3.52. The van der Waals surface area contributed by atoms with Crippen LogP contribution in [0.5, 0.6) is 0 Å². The van der Waals surface area contributed by atoms with Crippen molar-refractivity contribution in [2.45, 2.75) is 79.6 Å². The zero-order valence-corrected chi connectivity index (χ0v) is 16.3. The van der Waals surface area contributed by atoms with E-state index in [0.717, 1.165) is 12.5 Å². The second-order valence-electron chi connectivity index (χ2n) is 7.80. The van der Waals surface area contributed by atoms with Crippen molar-refractivity contribution in [3.8, 4) is 0 Å². The zero-order valence-electron chi connectivity index (χ0n) is 16.3. The highest BCUT2D eigenvalue weighted by Gasteiger charge is 2.32. The minimum atomic E-state index is 0.559. The maximum atomic E-state index is 4.85. The molecule has 134 valence electrons. The molecule has 3 nitrogen and oxygen atoms in total. The molecule has 0 aromatic rings. The van der Waals surface area contributed by atoms with E-state index >= 15 is 0 Å². The Bertz CT molecular complexity index is 385. The second-order valence-corrected chi connectivity index (χ2v) is 7.80. The molecular formula is C20H38N2O. The van der Waals surface area contributed by atoms with Gasteiger partial charge < -0.3 is 4.74 Å². The molecule has 0 saturated heterocycles. The second kappa shape index (κ2) is 11.0. The van der Waals surface area contributed by atoms with E-state index in [9.17, 15) is 0 Å². The van der Waals surface area contributed by atoms with Gasteiger partial charge in [0.2, 0.25) is 0 Å². The maximum absolute atomic E-state index is 4.85. The Hall–Kier alpha value is -0.700. The predicted octanol–water partition coefficient (Wildman–Crippen LogP) is 5.74. The van der Waals surface area contributed by atoms with E-state index in [1.807, 2.05) is 0 Å². The summed E-state index contributed by atoms with van der Waals surface area (Å²) in [7, 11) is 1.74. The van der Waals surface area contributed by atoms with Crippen LogP contribution in [0.15, 0.2) is 10.2 Å². The fourth-order valence-corrected chi connectivity index (χ4v) is 3.52. The molecule has 23 heavy (non-hydrogen) atoms. The smallest absolute Gasteiger partial charge is 0.0468 e. The summed E-state index contributed by atoms with van der Waals surface area (Å²) in [5.41, 5.74) is 2.63. The lowest BCUT2D eigenvalue weighted by Gasteiger charge is -2.33. The van der Waals surface area contributed by atoms with Crippen molar-refractivity contribution in [3.63, 3.8) is 0 Å². The highest BCUT2D eigenvalue weighted by molar-refractivity contribution is 5.97. The molecule has 2 atom stereocenters. The van der Waals surface area contributed by atoms with E-state index < -0.39 is 0 Å². The number of methoxy groups -OCH3 is 1. The zero-order chi connectivity index (χ0) is 17.2. The molecule has 1 aliphatic heterocycles. The Morgan fingerprint density at radius 2 is 1.57 bits per heavy atom. The first-order valence-corrected chi connectivity index (χ1v) is 9.58. The molecule has 2 rings (SSSR count). The summed E-state index contributed by atoms with van der Waals surface area (Å²) < 4.78 is 4.85. The van der Waals surface area contributed by atoms with Gasteiger partial charge in [0.25, 0.3) is 0 Å². The average Bonchev–Trinajstić information content (AvgIpc) is 2.46. The van der Waals surface area contributed by atoms with Crippen LogP contribution in [-0.2, 0) is 4.74 Å². The van der Waals surface area contributed by atoms with Crippen LogP contribution in [0, 0.1) is 23.7 Å². The average molecular weight is 323 g/mol. The summed E-state index contributed by atoms with van der Waals surface area (Å²) in [6, 6.07) is 0. The largest absolute Gasteiger partial charge is 0.385 e. The minimum Gasteiger partial charge on any atom is -0.385 e. The standard InChI is InChI=1S/C14H24N2.C6H14O/c1-10(2)14-13-9-7-5-4-6-8-12(13)11(3)15-16-14;1-6(2)4-5-7-3/h10,12-13H,4-9H2,1-3H3;6H,4-5H2,1-3H3. The third-order valence-electron chi connectivity index (χ3n) is 5.00. The van der Waals surface area contributed by atoms with Crippen LogP contribution >= 0.6 is 0 Å². The van der Waals surface area contributed by atoms with Crippen molar-refractivity contribution < 1.29 is 4.74 Å². The van der Waals surface area contributed by atoms with Crippen LogP contribution in [0.25, 0.3) is 0 Å². The van der Waals surface area contributed by atoms with Crippen LogP contribution in [0.1, 0.15) is 79.6 Å². The molecule has 0 aromatic heterocycles.